The fraction of sp³-hybridized carbons (Fsp3) is 0.364. The smallest absolute Gasteiger partial charge is 0.178 e. The van der Waals surface area contributed by atoms with Crippen LogP contribution in [0.2, 0.25) is 5.02 Å². The van der Waals surface area contributed by atoms with Crippen LogP contribution in [0.15, 0.2) is 22.9 Å². The lowest BCUT2D eigenvalue weighted by molar-refractivity contribution is 0.526. The molecular weight excluding hydrogens is 275 g/mol. The Labute approximate surface area is 102 Å². The molecule has 0 amide bonds. The van der Waals surface area contributed by atoms with Crippen molar-refractivity contribution in [3.05, 3.63) is 28.0 Å². The molecule has 1 heterocycles. The number of rotatable bonds is 2. The number of hydrogen-bond donors (Lipinski definition) is 0. The maximum absolute atomic E-state index is 5.92. The third-order valence-corrected chi connectivity index (χ3v) is 3.05. The Balaban J connectivity index is 2.58. The first-order valence-corrected chi connectivity index (χ1v) is 6.06. The molecule has 0 aliphatic carbocycles. The van der Waals surface area contributed by atoms with Crippen molar-refractivity contribution < 1.29 is 0 Å². The van der Waals surface area contributed by atoms with E-state index in [0.29, 0.717) is 5.92 Å². The van der Waals surface area contributed by atoms with Crippen molar-refractivity contribution in [2.24, 2.45) is 5.92 Å². The van der Waals surface area contributed by atoms with E-state index in [1.165, 1.54) is 0 Å². The van der Waals surface area contributed by atoms with Crippen molar-refractivity contribution in [2.75, 3.05) is 0 Å². The molecule has 4 heteroatoms. The van der Waals surface area contributed by atoms with Crippen molar-refractivity contribution in [3.8, 4) is 0 Å². The van der Waals surface area contributed by atoms with Crippen molar-refractivity contribution in [1.82, 2.24) is 9.55 Å². The summed E-state index contributed by atoms with van der Waals surface area (Å²) in [4.78, 5) is 4.42. The highest BCUT2D eigenvalue weighted by Gasteiger charge is 2.09. The Kier molecular flexibility index (Phi) is 3.03. The number of imidazole rings is 1. The van der Waals surface area contributed by atoms with Crippen LogP contribution in [0.1, 0.15) is 13.8 Å². The lowest BCUT2D eigenvalue weighted by atomic mass is 10.2. The molecule has 2 nitrogen and oxygen atoms in total. The zero-order valence-corrected chi connectivity index (χ0v) is 11.0. The number of hydrogen-bond acceptors (Lipinski definition) is 1. The third-order valence-electron chi connectivity index (χ3n) is 2.21. The number of fused-ring (bicyclic) bond motifs is 1. The van der Waals surface area contributed by atoms with E-state index in [2.05, 4.69) is 39.3 Å². The van der Waals surface area contributed by atoms with E-state index in [1.807, 2.05) is 18.2 Å². The van der Waals surface area contributed by atoms with E-state index in [4.69, 9.17) is 11.6 Å². The molecular formula is C11H12BrClN2. The highest BCUT2D eigenvalue weighted by atomic mass is 79.9. The van der Waals surface area contributed by atoms with Gasteiger partial charge in [0.25, 0.3) is 0 Å². The summed E-state index contributed by atoms with van der Waals surface area (Å²) in [5.74, 6) is 0.592. The Hall–Kier alpha value is -0.540. The summed E-state index contributed by atoms with van der Waals surface area (Å²) < 4.78 is 3.03. The summed E-state index contributed by atoms with van der Waals surface area (Å²) in [5, 5.41) is 0.726. The standard InChI is InChI=1S/C11H12BrClN2/c1-7(2)6-15-10-4-3-8(13)5-9(10)14-11(15)12/h3-5,7H,6H2,1-2H3. The van der Waals surface area contributed by atoms with Gasteiger partial charge in [-0.1, -0.05) is 25.4 Å². The van der Waals surface area contributed by atoms with Crippen LogP contribution in [0.5, 0.6) is 0 Å². The van der Waals surface area contributed by atoms with Gasteiger partial charge in [0.2, 0.25) is 0 Å². The Morgan fingerprint density at radius 2 is 2.20 bits per heavy atom. The zero-order valence-electron chi connectivity index (χ0n) is 8.67. The molecule has 0 saturated carbocycles. The van der Waals surface area contributed by atoms with Crippen LogP contribution < -0.4 is 0 Å². The minimum Gasteiger partial charge on any atom is -0.318 e. The zero-order chi connectivity index (χ0) is 11.0. The molecule has 0 atom stereocenters. The second kappa shape index (κ2) is 4.14. The first-order valence-electron chi connectivity index (χ1n) is 4.89. The largest absolute Gasteiger partial charge is 0.318 e. The molecule has 1 aromatic carbocycles. The highest BCUT2D eigenvalue weighted by molar-refractivity contribution is 9.10. The fourth-order valence-corrected chi connectivity index (χ4v) is 2.31. The predicted molar refractivity (Wildman–Crippen MR) is 67.3 cm³/mol. The molecule has 2 rings (SSSR count). The van der Waals surface area contributed by atoms with Gasteiger partial charge in [-0.2, -0.15) is 0 Å². The second-order valence-corrected chi connectivity index (χ2v) is 5.16. The van der Waals surface area contributed by atoms with Gasteiger partial charge in [0.15, 0.2) is 4.73 Å². The quantitative estimate of drug-likeness (QED) is 0.813. The molecule has 1 aromatic heterocycles. The first kappa shape index (κ1) is 11.0. The van der Waals surface area contributed by atoms with Crippen LogP contribution in [0.25, 0.3) is 11.0 Å². The summed E-state index contributed by atoms with van der Waals surface area (Å²) in [6.07, 6.45) is 0. The van der Waals surface area contributed by atoms with Gasteiger partial charge >= 0.3 is 0 Å². The van der Waals surface area contributed by atoms with Crippen LogP contribution >= 0.6 is 27.5 Å². The monoisotopic (exact) mass is 286 g/mol. The molecule has 80 valence electrons. The van der Waals surface area contributed by atoms with Crippen LogP contribution in [0, 0.1) is 5.92 Å². The molecule has 0 radical (unpaired) electrons. The van der Waals surface area contributed by atoms with Crippen molar-refractivity contribution >= 4 is 38.6 Å². The summed E-state index contributed by atoms with van der Waals surface area (Å²) in [5.41, 5.74) is 2.06. The van der Waals surface area contributed by atoms with E-state index in [1.54, 1.807) is 0 Å². The van der Waals surface area contributed by atoms with Gasteiger partial charge in [0.1, 0.15) is 0 Å². The number of nitrogens with zero attached hydrogens (tertiary/aromatic N) is 2. The molecule has 15 heavy (non-hydrogen) atoms. The summed E-state index contributed by atoms with van der Waals surface area (Å²) in [6, 6.07) is 5.80. The molecule has 0 N–H and O–H groups in total. The Bertz CT molecular complexity index is 491. The lowest BCUT2D eigenvalue weighted by Gasteiger charge is -2.08. The number of aromatic nitrogens is 2. The molecule has 2 aromatic rings. The van der Waals surface area contributed by atoms with E-state index >= 15 is 0 Å². The van der Waals surface area contributed by atoms with Crippen molar-refractivity contribution in [1.29, 1.82) is 0 Å². The molecule has 0 saturated heterocycles. The van der Waals surface area contributed by atoms with E-state index < -0.39 is 0 Å². The van der Waals surface area contributed by atoms with Crippen LogP contribution in [-0.2, 0) is 6.54 Å². The lowest BCUT2D eigenvalue weighted by Crippen LogP contribution is -2.04. The maximum Gasteiger partial charge on any atom is 0.178 e. The normalized spacial score (nSPS) is 11.5. The average Bonchev–Trinajstić information content (AvgIpc) is 2.41. The summed E-state index contributed by atoms with van der Waals surface area (Å²) in [7, 11) is 0. The second-order valence-electron chi connectivity index (χ2n) is 4.02. The van der Waals surface area contributed by atoms with E-state index in [9.17, 15) is 0 Å². The Morgan fingerprint density at radius 1 is 1.47 bits per heavy atom. The van der Waals surface area contributed by atoms with Crippen LogP contribution in [0.4, 0.5) is 0 Å². The topological polar surface area (TPSA) is 17.8 Å². The van der Waals surface area contributed by atoms with Gasteiger partial charge < -0.3 is 4.57 Å². The van der Waals surface area contributed by atoms with Gasteiger partial charge in [0.05, 0.1) is 11.0 Å². The summed E-state index contributed by atoms with van der Waals surface area (Å²) >= 11 is 9.39. The molecule has 0 bridgehead atoms. The molecule has 0 unspecified atom stereocenters. The average molecular weight is 288 g/mol. The molecule has 0 aliphatic rings. The molecule has 0 aliphatic heterocycles. The SMILES string of the molecule is CC(C)Cn1c(Br)nc2cc(Cl)ccc21. The Morgan fingerprint density at radius 3 is 2.87 bits per heavy atom. The van der Waals surface area contributed by atoms with Crippen molar-refractivity contribution in [3.63, 3.8) is 0 Å². The van der Waals surface area contributed by atoms with Crippen LogP contribution in [-0.4, -0.2) is 9.55 Å². The molecule has 0 fully saturated rings. The van der Waals surface area contributed by atoms with Gasteiger partial charge in [0, 0.05) is 11.6 Å². The first-order chi connectivity index (χ1) is 7.08. The number of halogens is 2. The van der Waals surface area contributed by atoms with Crippen LogP contribution in [0.3, 0.4) is 0 Å². The van der Waals surface area contributed by atoms with Gasteiger partial charge in [-0.25, -0.2) is 4.98 Å². The van der Waals surface area contributed by atoms with Gasteiger partial charge in [-0.3, -0.25) is 0 Å². The van der Waals surface area contributed by atoms with E-state index in [0.717, 1.165) is 27.3 Å². The van der Waals surface area contributed by atoms with E-state index in [-0.39, 0.29) is 0 Å². The van der Waals surface area contributed by atoms with Gasteiger partial charge in [-0.15, -0.1) is 0 Å². The van der Waals surface area contributed by atoms with Gasteiger partial charge in [-0.05, 0) is 40.0 Å². The minimum atomic E-state index is 0.592. The van der Waals surface area contributed by atoms with Crippen molar-refractivity contribution in [2.45, 2.75) is 20.4 Å². The molecule has 0 spiro atoms. The predicted octanol–water partition coefficient (Wildman–Crippen LogP) is 4.11. The minimum absolute atomic E-state index is 0.592. The number of benzene rings is 1. The fourth-order valence-electron chi connectivity index (χ4n) is 1.61. The summed E-state index contributed by atoms with van der Waals surface area (Å²) in [6.45, 7) is 5.33. The maximum atomic E-state index is 5.92. The third kappa shape index (κ3) is 2.18. The highest BCUT2D eigenvalue weighted by Crippen LogP contribution is 2.24.